The number of hydrogen-bond acceptors (Lipinski definition) is 3. The predicted molar refractivity (Wildman–Crippen MR) is 98.4 cm³/mol. The van der Waals surface area contributed by atoms with E-state index in [9.17, 15) is 17.6 Å². The first-order chi connectivity index (χ1) is 12.4. The molecular weight excluding hydrogens is 379 g/mol. The van der Waals surface area contributed by atoms with Crippen LogP contribution in [0.3, 0.4) is 0 Å². The Balaban J connectivity index is 1.80. The summed E-state index contributed by atoms with van der Waals surface area (Å²) in [5.74, 6) is -1.36. The number of benzene rings is 2. The second kappa shape index (κ2) is 7.73. The average molecular weight is 397 g/mol. The minimum absolute atomic E-state index is 0.00335. The Labute approximate surface area is 156 Å². The molecule has 2 aromatic carbocycles. The Morgan fingerprint density at radius 2 is 1.81 bits per heavy atom. The van der Waals surface area contributed by atoms with Crippen molar-refractivity contribution in [2.24, 2.45) is 0 Å². The van der Waals surface area contributed by atoms with Crippen molar-refractivity contribution >= 4 is 33.2 Å². The van der Waals surface area contributed by atoms with Crippen LogP contribution >= 0.6 is 11.6 Å². The summed E-state index contributed by atoms with van der Waals surface area (Å²) < 4.78 is 41.6. The van der Waals surface area contributed by atoms with Gasteiger partial charge in [0.1, 0.15) is 0 Å². The zero-order valence-electron chi connectivity index (χ0n) is 13.8. The van der Waals surface area contributed by atoms with Crippen LogP contribution in [0.2, 0.25) is 5.02 Å². The van der Waals surface area contributed by atoms with Crippen LogP contribution in [0.15, 0.2) is 47.4 Å². The second-order valence-electron chi connectivity index (χ2n) is 6.19. The van der Waals surface area contributed by atoms with Crippen LogP contribution in [0.5, 0.6) is 0 Å². The summed E-state index contributed by atoms with van der Waals surface area (Å²) in [6.07, 6.45) is 3.63. The summed E-state index contributed by atoms with van der Waals surface area (Å²) in [6, 6.07) is 9.82. The van der Waals surface area contributed by atoms with Crippen molar-refractivity contribution in [3.63, 3.8) is 0 Å². The summed E-state index contributed by atoms with van der Waals surface area (Å²) >= 11 is 5.70. The molecule has 1 aliphatic carbocycles. The largest absolute Gasteiger partial charge is 0.319 e. The van der Waals surface area contributed by atoms with Crippen molar-refractivity contribution < 1.29 is 17.6 Å². The van der Waals surface area contributed by atoms with Gasteiger partial charge in [-0.15, -0.1) is 0 Å². The number of halogens is 2. The molecule has 0 saturated heterocycles. The Morgan fingerprint density at radius 3 is 2.54 bits per heavy atom. The number of anilines is 1. The van der Waals surface area contributed by atoms with Gasteiger partial charge >= 0.3 is 0 Å². The highest BCUT2D eigenvalue weighted by Crippen LogP contribution is 2.23. The molecule has 0 bridgehead atoms. The van der Waals surface area contributed by atoms with Crippen LogP contribution in [0.25, 0.3) is 0 Å². The van der Waals surface area contributed by atoms with Gasteiger partial charge in [-0.1, -0.05) is 36.6 Å². The molecule has 1 amide bonds. The molecule has 0 unspecified atom stereocenters. The number of rotatable bonds is 5. The van der Waals surface area contributed by atoms with Crippen molar-refractivity contribution in [1.82, 2.24) is 4.72 Å². The average Bonchev–Trinajstić information content (AvgIpc) is 3.11. The molecule has 0 spiro atoms. The molecule has 1 aliphatic rings. The molecule has 0 aromatic heterocycles. The highest BCUT2D eigenvalue weighted by Gasteiger charge is 2.23. The van der Waals surface area contributed by atoms with Crippen molar-refractivity contribution in [2.45, 2.75) is 36.6 Å². The van der Waals surface area contributed by atoms with Gasteiger partial charge in [-0.2, -0.15) is 0 Å². The smallest absolute Gasteiger partial charge is 0.255 e. The van der Waals surface area contributed by atoms with Crippen LogP contribution in [-0.4, -0.2) is 20.4 Å². The van der Waals surface area contributed by atoms with Gasteiger partial charge in [0.15, 0.2) is 5.82 Å². The van der Waals surface area contributed by atoms with Crippen molar-refractivity contribution in [1.29, 1.82) is 0 Å². The third-order valence-electron chi connectivity index (χ3n) is 4.28. The Hall–Kier alpha value is -1.96. The van der Waals surface area contributed by atoms with Crippen molar-refractivity contribution in [3.8, 4) is 0 Å². The van der Waals surface area contributed by atoms with E-state index >= 15 is 0 Å². The molecule has 138 valence electrons. The standard InChI is InChI=1S/C18H18ClFN2O3S/c19-15-9-4-10-16(17(15)20)21-18(23)12-5-3-8-14(11-12)26(24,25)22-13-6-1-2-7-13/h3-5,8-11,13,22H,1-2,6-7H2,(H,21,23). The first-order valence-electron chi connectivity index (χ1n) is 8.24. The van der Waals surface area contributed by atoms with E-state index in [0.29, 0.717) is 0 Å². The maximum Gasteiger partial charge on any atom is 0.255 e. The molecule has 0 aliphatic heterocycles. The van der Waals surface area contributed by atoms with Crippen molar-refractivity contribution in [3.05, 3.63) is 58.9 Å². The number of carbonyl (C=O) groups is 1. The molecule has 8 heteroatoms. The normalized spacial score (nSPS) is 15.2. The lowest BCUT2D eigenvalue weighted by Gasteiger charge is -2.13. The Morgan fingerprint density at radius 1 is 1.12 bits per heavy atom. The molecule has 1 saturated carbocycles. The third-order valence-corrected chi connectivity index (χ3v) is 6.09. The quantitative estimate of drug-likeness (QED) is 0.803. The molecule has 2 N–H and O–H groups in total. The Bertz CT molecular complexity index is 928. The third kappa shape index (κ3) is 4.23. The summed E-state index contributed by atoms with van der Waals surface area (Å²) in [5.41, 5.74) is 0.0403. The lowest BCUT2D eigenvalue weighted by Crippen LogP contribution is -2.32. The van der Waals surface area contributed by atoms with E-state index in [0.717, 1.165) is 25.7 Å². The lowest BCUT2D eigenvalue weighted by atomic mass is 10.2. The van der Waals surface area contributed by atoms with E-state index in [-0.39, 0.29) is 27.2 Å². The summed E-state index contributed by atoms with van der Waals surface area (Å²) in [6.45, 7) is 0. The molecule has 0 radical (unpaired) electrons. The summed E-state index contributed by atoms with van der Waals surface area (Å²) in [7, 11) is -3.71. The fraction of sp³-hybridized carbons (Fsp3) is 0.278. The molecule has 26 heavy (non-hydrogen) atoms. The van der Waals surface area contributed by atoms with Gasteiger partial charge in [-0.05, 0) is 43.2 Å². The zero-order chi connectivity index (χ0) is 18.7. The van der Waals surface area contributed by atoms with Gasteiger partial charge in [0.05, 0.1) is 15.6 Å². The number of carbonyl (C=O) groups excluding carboxylic acids is 1. The zero-order valence-corrected chi connectivity index (χ0v) is 15.4. The minimum Gasteiger partial charge on any atom is -0.319 e. The fourth-order valence-electron chi connectivity index (χ4n) is 2.93. The number of sulfonamides is 1. The topological polar surface area (TPSA) is 75.3 Å². The minimum atomic E-state index is -3.71. The van der Waals surface area contributed by atoms with E-state index in [1.54, 1.807) is 0 Å². The van der Waals surface area contributed by atoms with Crippen LogP contribution < -0.4 is 10.0 Å². The van der Waals surface area contributed by atoms with Gasteiger partial charge in [0.25, 0.3) is 5.91 Å². The van der Waals surface area contributed by atoms with Gasteiger partial charge in [0.2, 0.25) is 10.0 Å². The summed E-state index contributed by atoms with van der Waals surface area (Å²) in [5, 5.41) is 2.29. The monoisotopic (exact) mass is 396 g/mol. The highest BCUT2D eigenvalue weighted by atomic mass is 35.5. The van der Waals surface area contributed by atoms with Crippen LogP contribution in [0, 0.1) is 5.82 Å². The molecule has 3 rings (SSSR count). The fourth-order valence-corrected chi connectivity index (χ4v) is 4.46. The van der Waals surface area contributed by atoms with E-state index in [1.807, 2.05) is 0 Å². The van der Waals surface area contributed by atoms with Gasteiger partial charge in [0, 0.05) is 11.6 Å². The van der Waals surface area contributed by atoms with Crippen LogP contribution in [0.1, 0.15) is 36.0 Å². The number of amides is 1. The first kappa shape index (κ1) is 18.8. The molecule has 0 heterocycles. The van der Waals surface area contributed by atoms with E-state index in [2.05, 4.69) is 10.0 Å². The number of nitrogens with one attached hydrogen (secondary N) is 2. The van der Waals surface area contributed by atoms with Gasteiger partial charge in [-0.3, -0.25) is 4.79 Å². The molecule has 1 fully saturated rings. The van der Waals surface area contributed by atoms with Gasteiger partial charge in [-0.25, -0.2) is 17.5 Å². The predicted octanol–water partition coefficient (Wildman–Crippen LogP) is 3.95. The highest BCUT2D eigenvalue weighted by molar-refractivity contribution is 7.89. The van der Waals surface area contributed by atoms with Gasteiger partial charge < -0.3 is 5.32 Å². The molecular formula is C18H18ClFN2O3S. The maximum atomic E-state index is 13.9. The van der Waals surface area contributed by atoms with Crippen LogP contribution in [-0.2, 0) is 10.0 Å². The number of hydrogen-bond donors (Lipinski definition) is 2. The Kier molecular flexibility index (Phi) is 5.60. The second-order valence-corrected chi connectivity index (χ2v) is 8.31. The van der Waals surface area contributed by atoms with Crippen LogP contribution in [0.4, 0.5) is 10.1 Å². The first-order valence-corrected chi connectivity index (χ1v) is 10.1. The molecule has 5 nitrogen and oxygen atoms in total. The molecule has 2 aromatic rings. The van der Waals surface area contributed by atoms with Crippen molar-refractivity contribution in [2.75, 3.05) is 5.32 Å². The lowest BCUT2D eigenvalue weighted by molar-refractivity contribution is 0.102. The van der Waals surface area contributed by atoms with E-state index < -0.39 is 21.7 Å². The maximum absolute atomic E-state index is 13.9. The molecule has 0 atom stereocenters. The van der Waals surface area contributed by atoms with E-state index in [1.165, 1.54) is 42.5 Å². The van der Waals surface area contributed by atoms with E-state index in [4.69, 9.17) is 11.6 Å². The summed E-state index contributed by atoms with van der Waals surface area (Å²) in [4.78, 5) is 12.4. The SMILES string of the molecule is O=C(Nc1cccc(Cl)c1F)c1cccc(S(=O)(=O)NC2CCCC2)c1.